The molecule has 0 spiro atoms. The molecule has 0 aliphatic heterocycles. The molecule has 0 unspecified atom stereocenters. The molecular formula is C22H19N3S+2. The lowest BCUT2D eigenvalue weighted by atomic mass is 10.0. The van der Waals surface area contributed by atoms with E-state index >= 15 is 0 Å². The number of aryl methyl sites for hydroxylation is 2. The number of rotatable bonds is 2. The molecule has 0 amide bonds. The number of aromatic nitrogens is 2. The summed E-state index contributed by atoms with van der Waals surface area (Å²) in [6.45, 7) is 11.8. The minimum absolute atomic E-state index is 0.661. The molecule has 0 bridgehead atoms. The molecule has 0 aliphatic rings. The highest BCUT2D eigenvalue weighted by molar-refractivity contribution is 7.12. The number of nitrogens with zero attached hydrogens (tertiary/aromatic N) is 3. The standard InChI is InChI=1S/C22H19N3S/c1-15-9-10-17-7-5-6-8-20(17)25(15)21-14-18(23-3)13-19(16(21)2)22-24(4)11-12-26-22/h5-14H,1-2,4H3/q+2. The van der Waals surface area contributed by atoms with Crippen LogP contribution < -0.4 is 9.13 Å². The first-order valence-electron chi connectivity index (χ1n) is 8.46. The molecule has 2 aromatic carbocycles. The van der Waals surface area contributed by atoms with Crippen molar-refractivity contribution in [1.29, 1.82) is 0 Å². The summed E-state index contributed by atoms with van der Waals surface area (Å²) in [4.78, 5) is 3.74. The van der Waals surface area contributed by atoms with Gasteiger partial charge in [0.1, 0.15) is 7.05 Å². The van der Waals surface area contributed by atoms with E-state index in [1.54, 1.807) is 11.3 Å². The Balaban J connectivity index is 2.10. The van der Waals surface area contributed by atoms with E-state index in [4.69, 9.17) is 6.57 Å². The van der Waals surface area contributed by atoms with Crippen LogP contribution in [0.2, 0.25) is 0 Å². The first-order chi connectivity index (χ1) is 12.6. The smallest absolute Gasteiger partial charge is 0.238 e. The lowest BCUT2D eigenvalue weighted by Crippen LogP contribution is -2.36. The van der Waals surface area contributed by atoms with E-state index in [1.807, 2.05) is 19.2 Å². The van der Waals surface area contributed by atoms with Crippen LogP contribution >= 0.6 is 11.3 Å². The van der Waals surface area contributed by atoms with Gasteiger partial charge in [-0.15, -0.1) is 0 Å². The van der Waals surface area contributed by atoms with Gasteiger partial charge in [-0.2, -0.15) is 9.13 Å². The summed E-state index contributed by atoms with van der Waals surface area (Å²) in [5.41, 5.74) is 6.32. The van der Waals surface area contributed by atoms with Crippen LogP contribution in [-0.4, -0.2) is 0 Å². The van der Waals surface area contributed by atoms with E-state index in [0.29, 0.717) is 5.69 Å². The van der Waals surface area contributed by atoms with Crippen LogP contribution in [0.5, 0.6) is 0 Å². The van der Waals surface area contributed by atoms with Crippen LogP contribution in [0.25, 0.3) is 32.0 Å². The minimum Gasteiger partial charge on any atom is -0.238 e. The Bertz CT molecular complexity index is 1180. The van der Waals surface area contributed by atoms with Gasteiger partial charge < -0.3 is 0 Å². The molecule has 0 aliphatic carbocycles. The number of hydrogen-bond acceptors (Lipinski definition) is 1. The Morgan fingerprint density at radius 3 is 2.58 bits per heavy atom. The normalized spacial score (nSPS) is 10.8. The summed E-state index contributed by atoms with van der Waals surface area (Å²) < 4.78 is 4.38. The number of hydrogen-bond donors (Lipinski definition) is 0. The van der Waals surface area contributed by atoms with Crippen LogP contribution in [0.3, 0.4) is 0 Å². The third kappa shape index (κ3) is 2.58. The molecule has 4 rings (SSSR count). The van der Waals surface area contributed by atoms with Crippen molar-refractivity contribution < 1.29 is 9.13 Å². The summed E-state index contributed by atoms with van der Waals surface area (Å²) >= 11 is 1.70. The third-order valence-electron chi connectivity index (χ3n) is 4.78. The van der Waals surface area contributed by atoms with Crippen LogP contribution in [0.4, 0.5) is 5.69 Å². The average molecular weight is 357 g/mol. The molecule has 4 heteroatoms. The predicted octanol–water partition coefficient (Wildman–Crippen LogP) is 4.84. The van der Waals surface area contributed by atoms with Crippen LogP contribution in [0.15, 0.2) is 60.1 Å². The summed E-state index contributed by atoms with van der Waals surface area (Å²) in [6.07, 6.45) is 2.06. The van der Waals surface area contributed by atoms with Crippen molar-refractivity contribution in [1.82, 2.24) is 0 Å². The number of pyridine rings is 1. The van der Waals surface area contributed by atoms with Crippen molar-refractivity contribution in [2.24, 2.45) is 7.05 Å². The minimum atomic E-state index is 0.661. The van der Waals surface area contributed by atoms with Gasteiger partial charge >= 0.3 is 0 Å². The zero-order valence-electron chi connectivity index (χ0n) is 15.0. The second-order valence-electron chi connectivity index (χ2n) is 6.44. The number of benzene rings is 2. The van der Waals surface area contributed by atoms with E-state index in [9.17, 15) is 0 Å². The summed E-state index contributed by atoms with van der Waals surface area (Å²) in [6, 6.07) is 16.7. The highest BCUT2D eigenvalue weighted by Crippen LogP contribution is 2.32. The summed E-state index contributed by atoms with van der Waals surface area (Å²) in [7, 11) is 2.05. The SMILES string of the molecule is [C-]#[N+]c1cc(-c2scc[n+]2C)c(C)c(-[n+]2c(C)ccc3ccccc32)c1. The zero-order valence-corrected chi connectivity index (χ0v) is 15.8. The Labute approximate surface area is 157 Å². The molecule has 0 radical (unpaired) electrons. The van der Waals surface area contributed by atoms with Crippen LogP contribution in [0, 0.1) is 20.4 Å². The van der Waals surface area contributed by atoms with Crippen molar-refractivity contribution in [3.8, 4) is 16.3 Å². The first-order valence-corrected chi connectivity index (χ1v) is 9.34. The largest absolute Gasteiger partial charge is 0.267 e. The molecule has 2 heterocycles. The number of fused-ring (bicyclic) bond motifs is 1. The molecule has 3 nitrogen and oxygen atoms in total. The monoisotopic (exact) mass is 357 g/mol. The quantitative estimate of drug-likeness (QED) is 0.360. The van der Waals surface area contributed by atoms with Crippen LogP contribution in [-0.2, 0) is 7.05 Å². The van der Waals surface area contributed by atoms with Gasteiger partial charge in [-0.3, -0.25) is 0 Å². The van der Waals surface area contributed by atoms with Gasteiger partial charge in [0, 0.05) is 36.1 Å². The highest BCUT2D eigenvalue weighted by Gasteiger charge is 2.24. The zero-order chi connectivity index (χ0) is 18.3. The topological polar surface area (TPSA) is 12.1 Å². The molecular weight excluding hydrogens is 338 g/mol. The van der Waals surface area contributed by atoms with E-state index in [0.717, 1.165) is 27.5 Å². The van der Waals surface area contributed by atoms with Gasteiger partial charge in [0.15, 0.2) is 17.6 Å². The van der Waals surface area contributed by atoms with Gasteiger partial charge in [0.05, 0.1) is 17.5 Å². The average Bonchev–Trinajstić information content (AvgIpc) is 3.08. The fourth-order valence-corrected chi connectivity index (χ4v) is 4.36. The summed E-state index contributed by atoms with van der Waals surface area (Å²) in [5, 5.41) is 4.43. The van der Waals surface area contributed by atoms with Crippen molar-refractivity contribution >= 4 is 27.9 Å². The van der Waals surface area contributed by atoms with Crippen molar-refractivity contribution in [2.75, 3.05) is 0 Å². The van der Waals surface area contributed by atoms with Crippen molar-refractivity contribution in [3.63, 3.8) is 0 Å². The Kier molecular flexibility index (Phi) is 4.02. The molecule has 2 aromatic heterocycles. The van der Waals surface area contributed by atoms with Gasteiger partial charge in [0.25, 0.3) is 5.01 Å². The Morgan fingerprint density at radius 1 is 1.04 bits per heavy atom. The highest BCUT2D eigenvalue weighted by atomic mass is 32.1. The first kappa shape index (κ1) is 16.4. The molecule has 0 fully saturated rings. The lowest BCUT2D eigenvalue weighted by Gasteiger charge is -2.09. The third-order valence-corrected chi connectivity index (χ3v) is 5.77. The van der Waals surface area contributed by atoms with Crippen LogP contribution in [0.1, 0.15) is 11.3 Å². The van der Waals surface area contributed by atoms with Gasteiger partial charge in [-0.05, 0) is 25.1 Å². The van der Waals surface area contributed by atoms with Crippen molar-refractivity contribution in [2.45, 2.75) is 13.8 Å². The van der Waals surface area contributed by atoms with E-state index in [2.05, 4.69) is 75.8 Å². The Hall–Kier alpha value is -3.03. The lowest BCUT2D eigenvalue weighted by molar-refractivity contribution is -0.656. The fourth-order valence-electron chi connectivity index (χ4n) is 3.42. The molecule has 0 saturated carbocycles. The number of para-hydroxylation sites is 1. The molecule has 126 valence electrons. The molecule has 4 aromatic rings. The number of thiazole rings is 1. The second kappa shape index (κ2) is 6.36. The maximum absolute atomic E-state index is 7.58. The maximum atomic E-state index is 7.58. The fraction of sp³-hybridized carbons (Fsp3) is 0.136. The second-order valence-corrected chi connectivity index (χ2v) is 7.33. The molecule has 26 heavy (non-hydrogen) atoms. The molecule has 0 atom stereocenters. The Morgan fingerprint density at radius 2 is 1.85 bits per heavy atom. The van der Waals surface area contributed by atoms with Gasteiger partial charge in [0.2, 0.25) is 11.2 Å². The molecule has 0 N–H and O–H groups in total. The molecule has 0 saturated heterocycles. The maximum Gasteiger partial charge on any atom is 0.267 e. The van der Waals surface area contributed by atoms with E-state index < -0.39 is 0 Å². The van der Waals surface area contributed by atoms with E-state index in [1.165, 1.54) is 10.9 Å². The van der Waals surface area contributed by atoms with Gasteiger partial charge in [-0.25, -0.2) is 4.85 Å². The van der Waals surface area contributed by atoms with Gasteiger partial charge in [-0.1, -0.05) is 23.5 Å². The predicted molar refractivity (Wildman–Crippen MR) is 106 cm³/mol. The van der Waals surface area contributed by atoms with E-state index in [-0.39, 0.29) is 0 Å². The summed E-state index contributed by atoms with van der Waals surface area (Å²) in [5.74, 6) is 0. The van der Waals surface area contributed by atoms with Crippen molar-refractivity contribution in [3.05, 3.63) is 82.8 Å².